The van der Waals surface area contributed by atoms with Gasteiger partial charge in [-0.25, -0.2) is 4.39 Å². The molecule has 0 aromatic heterocycles. The van der Waals surface area contributed by atoms with E-state index in [9.17, 15) is 9.18 Å². The van der Waals surface area contributed by atoms with E-state index >= 15 is 0 Å². The molecule has 3 heteroatoms. The van der Waals surface area contributed by atoms with Gasteiger partial charge in [-0.15, -0.1) is 0 Å². The molecule has 0 saturated heterocycles. The zero-order valence-corrected chi connectivity index (χ0v) is 5.59. The van der Waals surface area contributed by atoms with Gasteiger partial charge in [0.15, 0.2) is 0 Å². The molecule has 0 aliphatic heterocycles. The highest BCUT2D eigenvalue weighted by Crippen LogP contribution is 1.97. The second kappa shape index (κ2) is 6.01. The lowest BCUT2D eigenvalue weighted by atomic mass is 10.3. The molecule has 56 valence electrons. The largest absolute Gasteiger partial charge is 0.402 e. The van der Waals surface area contributed by atoms with Crippen LogP contribution in [0.5, 0.6) is 0 Å². The van der Waals surface area contributed by atoms with Gasteiger partial charge in [-0.05, 0) is 12.5 Å². The molecule has 0 rings (SSSR count). The summed E-state index contributed by atoms with van der Waals surface area (Å²) >= 11 is 0. The third-order valence-corrected chi connectivity index (χ3v) is 0.887. The van der Waals surface area contributed by atoms with E-state index in [-0.39, 0.29) is 0 Å². The standard InChI is InChI=1S/C7H10FNO/c8-7(6-9)4-2-1-3-5-10/h2,4-6H,1,3,9H2/b4-2-,7-6+. The Bertz CT molecular complexity index is 152. The van der Waals surface area contributed by atoms with Gasteiger partial charge in [0, 0.05) is 12.6 Å². The number of carbonyl (C=O) groups excluding carboxylic acids is 1. The average Bonchev–Trinajstić information content (AvgIpc) is 1.98. The van der Waals surface area contributed by atoms with Crippen LogP contribution < -0.4 is 5.73 Å². The van der Waals surface area contributed by atoms with Gasteiger partial charge < -0.3 is 10.5 Å². The van der Waals surface area contributed by atoms with E-state index < -0.39 is 5.83 Å². The molecule has 0 atom stereocenters. The lowest BCUT2D eigenvalue weighted by Crippen LogP contribution is -1.79. The number of allylic oxidation sites excluding steroid dienone is 3. The van der Waals surface area contributed by atoms with Gasteiger partial charge in [0.2, 0.25) is 0 Å². The van der Waals surface area contributed by atoms with Crippen molar-refractivity contribution >= 4 is 6.29 Å². The predicted molar refractivity (Wildman–Crippen MR) is 37.8 cm³/mol. The Labute approximate surface area is 59.2 Å². The fourth-order valence-corrected chi connectivity index (χ4v) is 0.416. The highest BCUT2D eigenvalue weighted by Gasteiger charge is 1.82. The predicted octanol–water partition coefficient (Wildman–Crippen LogP) is 1.29. The molecular formula is C7H10FNO. The zero-order chi connectivity index (χ0) is 7.82. The topological polar surface area (TPSA) is 43.1 Å². The smallest absolute Gasteiger partial charge is 0.138 e. The molecule has 0 unspecified atom stereocenters. The molecule has 0 bridgehead atoms. The number of carbonyl (C=O) groups is 1. The molecule has 0 heterocycles. The highest BCUT2D eigenvalue weighted by atomic mass is 19.1. The molecule has 0 aromatic carbocycles. The Morgan fingerprint density at radius 3 is 2.70 bits per heavy atom. The van der Waals surface area contributed by atoms with Crippen LogP contribution in [0.3, 0.4) is 0 Å². The van der Waals surface area contributed by atoms with E-state index in [2.05, 4.69) is 0 Å². The van der Waals surface area contributed by atoms with Gasteiger partial charge in [-0.1, -0.05) is 6.08 Å². The van der Waals surface area contributed by atoms with Crippen molar-refractivity contribution in [2.45, 2.75) is 12.8 Å². The number of halogens is 1. The van der Waals surface area contributed by atoms with Gasteiger partial charge in [-0.2, -0.15) is 0 Å². The summed E-state index contributed by atoms with van der Waals surface area (Å²) < 4.78 is 12.1. The Hall–Kier alpha value is -1.12. The quantitative estimate of drug-likeness (QED) is 0.366. The monoisotopic (exact) mass is 143 g/mol. The Morgan fingerprint density at radius 1 is 1.50 bits per heavy atom. The van der Waals surface area contributed by atoms with Crippen LogP contribution in [-0.4, -0.2) is 6.29 Å². The van der Waals surface area contributed by atoms with Crippen LogP contribution in [0.2, 0.25) is 0 Å². The van der Waals surface area contributed by atoms with Crippen molar-refractivity contribution in [2.75, 3.05) is 0 Å². The molecular weight excluding hydrogens is 133 g/mol. The third kappa shape index (κ3) is 5.03. The van der Waals surface area contributed by atoms with Crippen LogP contribution in [-0.2, 0) is 4.79 Å². The van der Waals surface area contributed by atoms with E-state index in [4.69, 9.17) is 5.73 Å². The molecule has 0 radical (unpaired) electrons. The van der Waals surface area contributed by atoms with Crippen molar-refractivity contribution in [1.82, 2.24) is 0 Å². The van der Waals surface area contributed by atoms with E-state index in [0.29, 0.717) is 12.8 Å². The second-order valence-corrected chi connectivity index (χ2v) is 1.70. The van der Waals surface area contributed by atoms with Crippen molar-refractivity contribution in [3.8, 4) is 0 Å². The van der Waals surface area contributed by atoms with Crippen molar-refractivity contribution in [3.05, 3.63) is 24.2 Å². The fraction of sp³-hybridized carbons (Fsp3) is 0.286. The molecule has 0 aliphatic rings. The molecule has 0 saturated carbocycles. The van der Waals surface area contributed by atoms with Crippen LogP contribution in [0, 0.1) is 0 Å². The summed E-state index contributed by atoms with van der Waals surface area (Å²) in [5.74, 6) is -0.481. The van der Waals surface area contributed by atoms with E-state index in [0.717, 1.165) is 12.5 Å². The molecule has 2 nitrogen and oxygen atoms in total. The Kier molecular flexibility index (Phi) is 5.33. The summed E-state index contributed by atoms with van der Waals surface area (Å²) in [5, 5.41) is 0. The van der Waals surface area contributed by atoms with E-state index in [1.807, 2.05) is 0 Å². The van der Waals surface area contributed by atoms with Gasteiger partial charge in [0.25, 0.3) is 0 Å². The SMILES string of the molecule is N/C=C(F)\C=C/CCC=O. The van der Waals surface area contributed by atoms with Crippen LogP contribution in [0.4, 0.5) is 4.39 Å². The van der Waals surface area contributed by atoms with Crippen molar-refractivity contribution in [2.24, 2.45) is 5.73 Å². The summed E-state index contributed by atoms with van der Waals surface area (Å²) in [6.07, 6.45) is 5.45. The third-order valence-electron chi connectivity index (χ3n) is 0.887. The molecule has 0 aliphatic carbocycles. The van der Waals surface area contributed by atoms with Crippen LogP contribution in [0.1, 0.15) is 12.8 Å². The minimum Gasteiger partial charge on any atom is -0.402 e. The summed E-state index contributed by atoms with van der Waals surface area (Å²) in [6.45, 7) is 0. The maximum atomic E-state index is 12.1. The molecule has 10 heavy (non-hydrogen) atoms. The van der Waals surface area contributed by atoms with E-state index in [1.165, 1.54) is 6.08 Å². The second-order valence-electron chi connectivity index (χ2n) is 1.70. The molecule has 2 N–H and O–H groups in total. The van der Waals surface area contributed by atoms with Crippen molar-refractivity contribution in [3.63, 3.8) is 0 Å². The summed E-state index contributed by atoms with van der Waals surface area (Å²) in [6, 6.07) is 0. The fourth-order valence-electron chi connectivity index (χ4n) is 0.416. The van der Waals surface area contributed by atoms with Crippen LogP contribution in [0.25, 0.3) is 0 Å². The van der Waals surface area contributed by atoms with Gasteiger partial charge in [0.05, 0.1) is 0 Å². The number of nitrogens with two attached hydrogens (primary N) is 1. The summed E-state index contributed by atoms with van der Waals surface area (Å²) in [4.78, 5) is 9.75. The first-order valence-corrected chi connectivity index (χ1v) is 2.99. The zero-order valence-electron chi connectivity index (χ0n) is 5.59. The molecule has 0 amide bonds. The Balaban J connectivity index is 3.45. The van der Waals surface area contributed by atoms with E-state index in [1.54, 1.807) is 6.08 Å². The summed E-state index contributed by atoms with van der Waals surface area (Å²) in [5.41, 5.74) is 4.83. The minimum absolute atomic E-state index is 0.425. The average molecular weight is 143 g/mol. The van der Waals surface area contributed by atoms with Crippen LogP contribution in [0.15, 0.2) is 24.2 Å². The number of aldehydes is 1. The number of unbranched alkanes of at least 4 members (excludes halogenated alkanes) is 1. The maximum Gasteiger partial charge on any atom is 0.138 e. The number of hydrogen-bond acceptors (Lipinski definition) is 2. The first-order chi connectivity index (χ1) is 4.81. The lowest BCUT2D eigenvalue weighted by molar-refractivity contribution is -0.107. The number of hydrogen-bond donors (Lipinski definition) is 1. The van der Waals surface area contributed by atoms with Crippen molar-refractivity contribution in [1.29, 1.82) is 0 Å². The minimum atomic E-state index is -0.481. The maximum absolute atomic E-state index is 12.1. The van der Waals surface area contributed by atoms with Crippen molar-refractivity contribution < 1.29 is 9.18 Å². The first kappa shape index (κ1) is 8.88. The Morgan fingerprint density at radius 2 is 2.20 bits per heavy atom. The first-order valence-electron chi connectivity index (χ1n) is 2.99. The normalized spacial score (nSPS) is 12.3. The number of rotatable bonds is 4. The van der Waals surface area contributed by atoms with Gasteiger partial charge in [0.1, 0.15) is 12.1 Å². The molecule has 0 aromatic rings. The van der Waals surface area contributed by atoms with Gasteiger partial charge >= 0.3 is 0 Å². The highest BCUT2D eigenvalue weighted by molar-refractivity contribution is 5.49. The summed E-state index contributed by atoms with van der Waals surface area (Å²) in [7, 11) is 0. The lowest BCUT2D eigenvalue weighted by Gasteiger charge is -1.82. The molecule has 0 fully saturated rings. The molecule has 0 spiro atoms. The van der Waals surface area contributed by atoms with Gasteiger partial charge in [-0.3, -0.25) is 0 Å². The van der Waals surface area contributed by atoms with Crippen LogP contribution >= 0.6 is 0 Å².